The fourth-order valence-electron chi connectivity index (χ4n) is 2.14. The Balaban J connectivity index is 1.42. The van der Waals surface area contributed by atoms with Gasteiger partial charge in [0.15, 0.2) is 0 Å². The predicted molar refractivity (Wildman–Crippen MR) is 93.8 cm³/mol. The third kappa shape index (κ3) is 3.27. The summed E-state index contributed by atoms with van der Waals surface area (Å²) in [5.41, 5.74) is 3.09. The van der Waals surface area contributed by atoms with Crippen LogP contribution in [0.2, 0.25) is 0 Å². The number of rotatable bonds is 5. The summed E-state index contributed by atoms with van der Waals surface area (Å²) in [6, 6.07) is 14.0. The second-order valence-corrected chi connectivity index (χ2v) is 7.06. The fourth-order valence-corrected chi connectivity index (χ4v) is 3.42. The maximum Gasteiger partial charge on any atom is 0.277 e. The first-order valence-electron chi connectivity index (χ1n) is 7.31. The Labute approximate surface area is 146 Å². The molecule has 24 heavy (non-hydrogen) atoms. The van der Waals surface area contributed by atoms with Gasteiger partial charge in [0.25, 0.3) is 11.1 Å². The summed E-state index contributed by atoms with van der Waals surface area (Å²) >= 11 is 3.00. The fraction of sp³-hybridized carbons (Fsp3) is 0.118. The van der Waals surface area contributed by atoms with Crippen molar-refractivity contribution in [1.82, 2.24) is 15.4 Å². The molecule has 0 aliphatic carbocycles. The zero-order valence-electron chi connectivity index (χ0n) is 12.8. The van der Waals surface area contributed by atoms with Gasteiger partial charge in [-0.15, -0.1) is 21.5 Å². The van der Waals surface area contributed by atoms with Crippen molar-refractivity contribution in [3.05, 3.63) is 59.2 Å². The Morgan fingerprint density at radius 3 is 2.79 bits per heavy atom. The summed E-state index contributed by atoms with van der Waals surface area (Å²) < 4.78 is 11.0. The van der Waals surface area contributed by atoms with Crippen molar-refractivity contribution in [2.75, 3.05) is 0 Å². The summed E-state index contributed by atoms with van der Waals surface area (Å²) in [5.74, 6) is 1.90. The van der Waals surface area contributed by atoms with E-state index in [0.29, 0.717) is 16.9 Å². The average molecular weight is 355 g/mol. The van der Waals surface area contributed by atoms with Gasteiger partial charge in [0.05, 0.1) is 10.6 Å². The van der Waals surface area contributed by atoms with E-state index >= 15 is 0 Å². The van der Waals surface area contributed by atoms with Gasteiger partial charge >= 0.3 is 0 Å². The van der Waals surface area contributed by atoms with Crippen molar-refractivity contribution in [2.24, 2.45) is 0 Å². The Kier molecular flexibility index (Phi) is 4.18. The smallest absolute Gasteiger partial charge is 0.277 e. The van der Waals surface area contributed by atoms with Crippen molar-refractivity contribution in [3.8, 4) is 22.0 Å². The van der Waals surface area contributed by atoms with Crippen molar-refractivity contribution in [3.63, 3.8) is 0 Å². The molecule has 0 bridgehead atoms. The van der Waals surface area contributed by atoms with Crippen LogP contribution in [0.25, 0.3) is 22.0 Å². The minimum absolute atomic E-state index is 0.520. The lowest BCUT2D eigenvalue weighted by atomic mass is 10.1. The maximum atomic E-state index is 5.64. The SMILES string of the molecule is Cc1ccc(-c2cc(CSc3nnc(-c4cccs4)o3)on2)cc1. The Bertz CT molecular complexity index is 927. The molecule has 0 atom stereocenters. The molecule has 0 fully saturated rings. The van der Waals surface area contributed by atoms with E-state index in [9.17, 15) is 0 Å². The molecule has 3 aromatic heterocycles. The van der Waals surface area contributed by atoms with E-state index < -0.39 is 0 Å². The zero-order chi connectivity index (χ0) is 16.4. The summed E-state index contributed by atoms with van der Waals surface area (Å²) in [6.45, 7) is 2.06. The molecule has 0 N–H and O–H groups in total. The van der Waals surface area contributed by atoms with Gasteiger partial charge in [0.2, 0.25) is 0 Å². The zero-order valence-corrected chi connectivity index (χ0v) is 14.4. The standard InChI is InChI=1S/C17H13N3O2S2/c1-11-4-6-12(7-5-11)14-9-13(22-20-14)10-24-17-19-18-16(21-17)15-3-2-8-23-15/h2-9H,10H2,1H3. The molecule has 1 aromatic carbocycles. The third-order valence-electron chi connectivity index (χ3n) is 3.38. The molecule has 0 amide bonds. The first-order chi connectivity index (χ1) is 11.8. The molecule has 120 valence electrons. The second-order valence-electron chi connectivity index (χ2n) is 5.18. The second kappa shape index (κ2) is 6.62. The molecular weight excluding hydrogens is 342 g/mol. The molecule has 0 aliphatic heterocycles. The van der Waals surface area contributed by atoms with Crippen LogP contribution in [0.3, 0.4) is 0 Å². The Morgan fingerprint density at radius 1 is 1.12 bits per heavy atom. The number of aromatic nitrogens is 3. The quantitative estimate of drug-likeness (QED) is 0.467. The molecule has 0 saturated heterocycles. The molecule has 4 aromatic rings. The van der Waals surface area contributed by atoms with Crippen LogP contribution in [0.4, 0.5) is 0 Å². The van der Waals surface area contributed by atoms with E-state index in [-0.39, 0.29) is 0 Å². The van der Waals surface area contributed by atoms with Crippen LogP contribution in [0.5, 0.6) is 0 Å². The van der Waals surface area contributed by atoms with E-state index in [0.717, 1.165) is 21.9 Å². The van der Waals surface area contributed by atoms with Crippen molar-refractivity contribution >= 4 is 23.1 Å². The minimum atomic E-state index is 0.520. The molecule has 0 radical (unpaired) electrons. The molecule has 7 heteroatoms. The van der Waals surface area contributed by atoms with Crippen molar-refractivity contribution in [2.45, 2.75) is 17.9 Å². The number of benzene rings is 1. The highest BCUT2D eigenvalue weighted by Crippen LogP contribution is 2.29. The van der Waals surface area contributed by atoms with Crippen molar-refractivity contribution < 1.29 is 8.94 Å². The Hall–Kier alpha value is -2.38. The van der Waals surface area contributed by atoms with Gasteiger partial charge in [-0.05, 0) is 18.4 Å². The highest BCUT2D eigenvalue weighted by molar-refractivity contribution is 7.98. The van der Waals surface area contributed by atoms with Crippen LogP contribution in [-0.2, 0) is 5.75 Å². The summed E-state index contributed by atoms with van der Waals surface area (Å²) in [4.78, 5) is 0.968. The number of nitrogens with zero attached hydrogens (tertiary/aromatic N) is 3. The molecule has 4 rings (SSSR count). The minimum Gasteiger partial charge on any atom is -0.410 e. The van der Waals surface area contributed by atoms with Gasteiger partial charge in [-0.2, -0.15) is 0 Å². The van der Waals surface area contributed by atoms with E-state index in [1.807, 2.05) is 35.7 Å². The third-order valence-corrected chi connectivity index (χ3v) is 5.08. The molecule has 0 saturated carbocycles. The lowest BCUT2D eigenvalue weighted by molar-refractivity contribution is 0.396. The van der Waals surface area contributed by atoms with Gasteiger partial charge in [0.1, 0.15) is 11.5 Å². The monoisotopic (exact) mass is 355 g/mol. The highest BCUT2D eigenvalue weighted by Gasteiger charge is 2.12. The van der Waals surface area contributed by atoms with Crippen LogP contribution in [0.1, 0.15) is 11.3 Å². The Morgan fingerprint density at radius 2 is 2.00 bits per heavy atom. The summed E-state index contributed by atoms with van der Waals surface area (Å²) in [5, 5.41) is 14.7. The summed E-state index contributed by atoms with van der Waals surface area (Å²) in [6.07, 6.45) is 0. The van der Waals surface area contributed by atoms with Gasteiger partial charge in [-0.1, -0.05) is 52.8 Å². The first-order valence-corrected chi connectivity index (χ1v) is 9.17. The number of thioether (sulfide) groups is 1. The van der Waals surface area contributed by atoms with Crippen LogP contribution in [-0.4, -0.2) is 15.4 Å². The van der Waals surface area contributed by atoms with Gasteiger partial charge in [0, 0.05) is 11.6 Å². The van der Waals surface area contributed by atoms with Crippen LogP contribution in [0, 0.1) is 6.92 Å². The molecule has 3 heterocycles. The molecule has 5 nitrogen and oxygen atoms in total. The normalized spacial score (nSPS) is 11.0. The molecule has 0 unspecified atom stereocenters. The van der Waals surface area contributed by atoms with E-state index in [2.05, 4.69) is 34.4 Å². The molecular formula is C17H13N3O2S2. The van der Waals surface area contributed by atoms with Crippen LogP contribution >= 0.6 is 23.1 Å². The average Bonchev–Trinajstić information content (AvgIpc) is 3.34. The van der Waals surface area contributed by atoms with E-state index in [1.165, 1.54) is 17.3 Å². The van der Waals surface area contributed by atoms with Crippen LogP contribution < -0.4 is 0 Å². The molecule has 0 spiro atoms. The maximum absolute atomic E-state index is 5.64. The van der Waals surface area contributed by atoms with Gasteiger partial charge in [-0.25, -0.2) is 0 Å². The highest BCUT2D eigenvalue weighted by atomic mass is 32.2. The van der Waals surface area contributed by atoms with Crippen LogP contribution in [0.15, 0.2) is 62.0 Å². The lowest BCUT2D eigenvalue weighted by Crippen LogP contribution is -1.78. The predicted octanol–water partition coefficient (Wildman–Crippen LogP) is 5.05. The van der Waals surface area contributed by atoms with Gasteiger partial charge < -0.3 is 8.94 Å². The largest absolute Gasteiger partial charge is 0.410 e. The van der Waals surface area contributed by atoms with E-state index in [4.69, 9.17) is 8.94 Å². The molecule has 0 aliphatic rings. The van der Waals surface area contributed by atoms with Crippen molar-refractivity contribution in [1.29, 1.82) is 0 Å². The number of hydrogen-bond acceptors (Lipinski definition) is 7. The first kappa shape index (κ1) is 15.2. The van der Waals surface area contributed by atoms with Gasteiger partial charge in [-0.3, -0.25) is 0 Å². The summed E-state index contributed by atoms with van der Waals surface area (Å²) in [7, 11) is 0. The number of thiophene rings is 1. The number of aryl methyl sites for hydroxylation is 1. The topological polar surface area (TPSA) is 65.0 Å². The van der Waals surface area contributed by atoms with E-state index in [1.54, 1.807) is 11.3 Å². The lowest BCUT2D eigenvalue weighted by Gasteiger charge is -1.95. The number of hydrogen-bond donors (Lipinski definition) is 0.